The van der Waals surface area contributed by atoms with Gasteiger partial charge in [-0.2, -0.15) is 0 Å². The van der Waals surface area contributed by atoms with E-state index >= 15 is 0 Å². The van der Waals surface area contributed by atoms with Crippen LogP contribution in [0, 0.1) is 0 Å². The number of carbonyl (C=O) groups is 1. The van der Waals surface area contributed by atoms with E-state index < -0.39 is 0 Å². The average molecular weight is 251 g/mol. The second kappa shape index (κ2) is 5.00. The smallest absolute Gasteiger partial charge is 0.249 e. The molecule has 1 amide bonds. The average Bonchev–Trinajstić information content (AvgIpc) is 2.86. The van der Waals surface area contributed by atoms with Crippen LogP contribution < -0.4 is 5.32 Å². The van der Waals surface area contributed by atoms with E-state index in [9.17, 15) is 4.79 Å². The van der Waals surface area contributed by atoms with Gasteiger partial charge in [0.25, 0.3) is 0 Å². The van der Waals surface area contributed by atoms with Crippen LogP contribution in [0.1, 0.15) is 6.92 Å². The van der Waals surface area contributed by atoms with Gasteiger partial charge >= 0.3 is 0 Å². The normalized spacial score (nSPS) is 10.8. The zero-order valence-corrected chi connectivity index (χ0v) is 10.1. The van der Waals surface area contributed by atoms with Crippen LogP contribution in [0.2, 0.25) is 0 Å². The molecule has 2 heterocycles. The Morgan fingerprint density at radius 3 is 3.06 bits per heavy atom. The molecule has 0 aromatic carbocycles. The molecular formula is C10H9N3OS2. The highest BCUT2D eigenvalue weighted by molar-refractivity contribution is 7.23. The molecular weight excluding hydrogens is 242 g/mol. The van der Waals surface area contributed by atoms with Crippen LogP contribution in [0.25, 0.3) is 9.88 Å². The van der Waals surface area contributed by atoms with Crippen LogP contribution in [0.5, 0.6) is 0 Å². The fraction of sp³-hybridized carbons (Fsp3) is 0.100. The van der Waals surface area contributed by atoms with Crippen LogP contribution in [0.4, 0.5) is 5.13 Å². The van der Waals surface area contributed by atoms with Gasteiger partial charge in [0, 0.05) is 0 Å². The summed E-state index contributed by atoms with van der Waals surface area (Å²) in [5.74, 6) is -0.184. The Morgan fingerprint density at radius 2 is 2.38 bits per heavy atom. The van der Waals surface area contributed by atoms with Crippen LogP contribution in [0.3, 0.4) is 0 Å². The SMILES string of the molecule is C/C=C/C(=O)Nc1nnc(-c2cccs2)s1. The summed E-state index contributed by atoms with van der Waals surface area (Å²) in [6, 6.07) is 3.93. The molecule has 4 nitrogen and oxygen atoms in total. The van der Waals surface area contributed by atoms with Gasteiger partial charge in [-0.15, -0.1) is 21.5 Å². The van der Waals surface area contributed by atoms with E-state index in [1.165, 1.54) is 17.4 Å². The molecule has 0 spiro atoms. The number of rotatable bonds is 3. The molecule has 0 aliphatic carbocycles. The van der Waals surface area contributed by atoms with Crippen molar-refractivity contribution in [1.82, 2.24) is 10.2 Å². The van der Waals surface area contributed by atoms with E-state index in [-0.39, 0.29) is 5.91 Å². The Labute approximate surface area is 101 Å². The fourth-order valence-corrected chi connectivity index (χ4v) is 2.61. The standard InChI is InChI=1S/C10H9N3OS2/c1-2-4-8(14)11-10-13-12-9(16-10)7-5-3-6-15-7/h2-6H,1H3,(H,11,13,14)/b4-2+. The van der Waals surface area contributed by atoms with Gasteiger partial charge < -0.3 is 0 Å². The minimum atomic E-state index is -0.184. The predicted molar refractivity (Wildman–Crippen MR) is 66.7 cm³/mol. The second-order valence-electron chi connectivity index (χ2n) is 2.88. The Balaban J connectivity index is 2.11. The summed E-state index contributed by atoms with van der Waals surface area (Å²) in [6.45, 7) is 1.79. The number of hydrogen-bond donors (Lipinski definition) is 1. The van der Waals surface area contributed by atoms with Crippen molar-refractivity contribution in [3.8, 4) is 9.88 Å². The highest BCUT2D eigenvalue weighted by Gasteiger charge is 2.08. The molecule has 0 fully saturated rings. The van der Waals surface area contributed by atoms with Crippen LogP contribution in [-0.2, 0) is 4.79 Å². The number of anilines is 1. The lowest BCUT2D eigenvalue weighted by Gasteiger charge is -1.92. The van der Waals surface area contributed by atoms with Crippen molar-refractivity contribution in [3.63, 3.8) is 0 Å². The first kappa shape index (κ1) is 11.0. The molecule has 1 N–H and O–H groups in total. The number of amides is 1. The van der Waals surface area contributed by atoms with Crippen molar-refractivity contribution >= 4 is 33.7 Å². The molecule has 82 valence electrons. The molecule has 0 saturated carbocycles. The van der Waals surface area contributed by atoms with E-state index in [2.05, 4.69) is 15.5 Å². The van der Waals surface area contributed by atoms with Crippen LogP contribution in [-0.4, -0.2) is 16.1 Å². The molecule has 0 atom stereocenters. The van der Waals surface area contributed by atoms with Gasteiger partial charge in [0.15, 0.2) is 5.01 Å². The van der Waals surface area contributed by atoms with Crippen LogP contribution in [0.15, 0.2) is 29.7 Å². The Morgan fingerprint density at radius 1 is 1.50 bits per heavy atom. The number of nitrogens with zero attached hydrogens (tertiary/aromatic N) is 2. The minimum Gasteiger partial charge on any atom is -0.297 e. The zero-order chi connectivity index (χ0) is 11.4. The number of carbonyl (C=O) groups excluding carboxylic acids is 1. The third kappa shape index (κ3) is 2.53. The molecule has 0 aliphatic heterocycles. The van der Waals surface area contributed by atoms with E-state index in [0.29, 0.717) is 5.13 Å². The van der Waals surface area contributed by atoms with E-state index in [4.69, 9.17) is 0 Å². The van der Waals surface area contributed by atoms with Gasteiger partial charge in [-0.05, 0) is 24.4 Å². The molecule has 0 aliphatic rings. The zero-order valence-electron chi connectivity index (χ0n) is 8.51. The molecule has 2 rings (SSSR count). The maximum atomic E-state index is 11.3. The third-order valence-electron chi connectivity index (χ3n) is 1.71. The van der Waals surface area contributed by atoms with Crippen molar-refractivity contribution in [2.75, 3.05) is 5.32 Å². The maximum Gasteiger partial charge on any atom is 0.249 e. The number of hydrogen-bond acceptors (Lipinski definition) is 5. The van der Waals surface area contributed by atoms with Crippen molar-refractivity contribution in [2.45, 2.75) is 6.92 Å². The summed E-state index contributed by atoms with van der Waals surface area (Å²) in [6.07, 6.45) is 3.13. The van der Waals surface area contributed by atoms with E-state index in [0.717, 1.165) is 9.88 Å². The van der Waals surface area contributed by atoms with Gasteiger partial charge in [0.1, 0.15) is 0 Å². The molecule has 0 bridgehead atoms. The van der Waals surface area contributed by atoms with Gasteiger partial charge in [0.05, 0.1) is 4.88 Å². The molecule has 0 saturated heterocycles. The molecule has 6 heteroatoms. The quantitative estimate of drug-likeness (QED) is 0.853. The lowest BCUT2D eigenvalue weighted by atomic mass is 10.5. The summed E-state index contributed by atoms with van der Waals surface area (Å²) in [5, 5.41) is 13.9. The second-order valence-corrected chi connectivity index (χ2v) is 4.80. The Kier molecular flexibility index (Phi) is 3.43. The lowest BCUT2D eigenvalue weighted by molar-refractivity contribution is -0.111. The number of nitrogens with one attached hydrogen (secondary N) is 1. The van der Waals surface area contributed by atoms with Crippen molar-refractivity contribution in [2.24, 2.45) is 0 Å². The van der Waals surface area contributed by atoms with Gasteiger partial charge in [-0.1, -0.05) is 23.5 Å². The molecule has 16 heavy (non-hydrogen) atoms. The first-order valence-electron chi connectivity index (χ1n) is 4.60. The van der Waals surface area contributed by atoms with Gasteiger partial charge in [-0.3, -0.25) is 10.1 Å². The number of aromatic nitrogens is 2. The van der Waals surface area contributed by atoms with Gasteiger partial charge in [-0.25, -0.2) is 0 Å². The lowest BCUT2D eigenvalue weighted by Crippen LogP contribution is -2.07. The predicted octanol–water partition coefficient (Wildman–Crippen LogP) is 2.78. The number of thiophene rings is 1. The topological polar surface area (TPSA) is 54.9 Å². The van der Waals surface area contributed by atoms with Gasteiger partial charge in [0.2, 0.25) is 11.0 Å². The monoisotopic (exact) mass is 251 g/mol. The largest absolute Gasteiger partial charge is 0.297 e. The first-order chi connectivity index (χ1) is 7.79. The first-order valence-corrected chi connectivity index (χ1v) is 6.30. The fourth-order valence-electron chi connectivity index (χ4n) is 1.07. The van der Waals surface area contributed by atoms with Crippen LogP contribution >= 0.6 is 22.7 Å². The molecule has 2 aromatic heterocycles. The summed E-state index contributed by atoms with van der Waals surface area (Å²) in [5.41, 5.74) is 0. The van der Waals surface area contributed by atoms with E-state index in [1.54, 1.807) is 24.3 Å². The summed E-state index contributed by atoms with van der Waals surface area (Å²) in [4.78, 5) is 12.3. The highest BCUT2D eigenvalue weighted by Crippen LogP contribution is 2.29. The third-order valence-corrected chi connectivity index (χ3v) is 3.58. The maximum absolute atomic E-state index is 11.3. The number of allylic oxidation sites excluding steroid dienone is 1. The minimum absolute atomic E-state index is 0.184. The summed E-state index contributed by atoms with van der Waals surface area (Å²) < 4.78 is 0. The van der Waals surface area contributed by atoms with Crippen molar-refractivity contribution < 1.29 is 4.79 Å². The Hall–Kier alpha value is -1.53. The molecule has 0 radical (unpaired) electrons. The van der Waals surface area contributed by atoms with E-state index in [1.807, 2.05) is 17.5 Å². The molecule has 0 unspecified atom stereocenters. The van der Waals surface area contributed by atoms with Crippen molar-refractivity contribution in [1.29, 1.82) is 0 Å². The highest BCUT2D eigenvalue weighted by atomic mass is 32.1. The summed E-state index contributed by atoms with van der Waals surface area (Å²) >= 11 is 2.97. The van der Waals surface area contributed by atoms with Crippen molar-refractivity contribution in [3.05, 3.63) is 29.7 Å². The molecule has 2 aromatic rings. The Bertz CT molecular complexity index is 502. The summed E-state index contributed by atoms with van der Waals surface area (Å²) in [7, 11) is 0.